The van der Waals surface area contributed by atoms with Gasteiger partial charge >= 0.3 is 0 Å². The Kier molecular flexibility index (Phi) is 1.73. The highest BCUT2D eigenvalue weighted by atomic mass is 19.1. The topological polar surface area (TPSA) is 9.23 Å². The number of halogens is 1. The number of ether oxygens (including phenoxy) is 1. The third kappa shape index (κ3) is 1.43. The van der Waals surface area contributed by atoms with Gasteiger partial charge in [-0.2, -0.15) is 0 Å². The van der Waals surface area contributed by atoms with Gasteiger partial charge in [0.05, 0.1) is 13.2 Å². The van der Waals surface area contributed by atoms with Crippen molar-refractivity contribution in [2.75, 3.05) is 13.2 Å². The molecule has 0 radical (unpaired) electrons. The van der Waals surface area contributed by atoms with Gasteiger partial charge in [0.2, 0.25) is 0 Å². The molecule has 2 heteroatoms. The van der Waals surface area contributed by atoms with Crippen LogP contribution in [0.4, 0.5) is 4.39 Å². The van der Waals surface area contributed by atoms with Crippen LogP contribution in [0.2, 0.25) is 0 Å². The highest BCUT2D eigenvalue weighted by molar-refractivity contribution is 5.08. The number of hydrogen-bond donors (Lipinski definition) is 0. The molecule has 1 rings (SSSR count). The first-order chi connectivity index (χ1) is 4.27. The van der Waals surface area contributed by atoms with Crippen molar-refractivity contribution < 1.29 is 9.13 Å². The zero-order valence-electron chi connectivity index (χ0n) is 5.19. The monoisotopic (exact) mass is 128 g/mol. The predicted molar refractivity (Wildman–Crippen MR) is 32.7 cm³/mol. The van der Waals surface area contributed by atoms with E-state index in [1.54, 1.807) is 0 Å². The number of rotatable bonds is 0. The Bertz CT molecular complexity index is 130. The van der Waals surface area contributed by atoms with E-state index in [0.29, 0.717) is 26.1 Å². The summed E-state index contributed by atoms with van der Waals surface area (Å²) in [5.74, 6) is 2.13. The lowest BCUT2D eigenvalue weighted by Gasteiger charge is -2.23. The molecule has 0 N–H and O–H groups in total. The van der Waals surface area contributed by atoms with E-state index < -0.39 is 5.67 Å². The second-order valence-electron chi connectivity index (χ2n) is 2.22. The standard InChI is InChI=1S/C7H9FO/c1-2-7(8)3-5-9-6-4-7/h1H,3-6H2. The Morgan fingerprint density at radius 1 is 1.44 bits per heavy atom. The Balaban J connectivity index is 2.49. The Morgan fingerprint density at radius 3 is 2.33 bits per heavy atom. The van der Waals surface area contributed by atoms with E-state index in [1.807, 2.05) is 0 Å². The van der Waals surface area contributed by atoms with Crippen molar-refractivity contribution in [2.45, 2.75) is 18.5 Å². The number of hydrogen-bond acceptors (Lipinski definition) is 1. The lowest BCUT2D eigenvalue weighted by molar-refractivity contribution is 0.0219. The van der Waals surface area contributed by atoms with E-state index in [-0.39, 0.29) is 0 Å². The molecule has 0 atom stereocenters. The lowest BCUT2D eigenvalue weighted by atomic mass is 9.98. The van der Waals surface area contributed by atoms with Gasteiger partial charge in [-0.3, -0.25) is 0 Å². The predicted octanol–water partition coefficient (Wildman–Crippen LogP) is 1.14. The van der Waals surface area contributed by atoms with Gasteiger partial charge in [-0.05, 0) is 0 Å². The van der Waals surface area contributed by atoms with Crippen LogP contribution in [-0.2, 0) is 4.74 Å². The summed E-state index contributed by atoms with van der Waals surface area (Å²) >= 11 is 0. The summed E-state index contributed by atoms with van der Waals surface area (Å²) in [7, 11) is 0. The zero-order valence-corrected chi connectivity index (χ0v) is 5.19. The summed E-state index contributed by atoms with van der Waals surface area (Å²) in [6.45, 7) is 0.918. The summed E-state index contributed by atoms with van der Waals surface area (Å²) in [5.41, 5.74) is -1.38. The van der Waals surface area contributed by atoms with E-state index >= 15 is 0 Å². The normalized spacial score (nSPS) is 24.9. The molecule has 1 heterocycles. The van der Waals surface area contributed by atoms with Crippen LogP contribution in [0.15, 0.2) is 0 Å². The van der Waals surface area contributed by atoms with Gasteiger partial charge in [0.1, 0.15) is 0 Å². The summed E-state index contributed by atoms with van der Waals surface area (Å²) in [5, 5.41) is 0. The van der Waals surface area contributed by atoms with Crippen molar-refractivity contribution in [3.63, 3.8) is 0 Å². The van der Waals surface area contributed by atoms with Gasteiger partial charge in [0.15, 0.2) is 5.67 Å². The average molecular weight is 128 g/mol. The van der Waals surface area contributed by atoms with Crippen LogP contribution in [0.5, 0.6) is 0 Å². The average Bonchev–Trinajstić information content (AvgIpc) is 1.90. The van der Waals surface area contributed by atoms with E-state index in [9.17, 15) is 4.39 Å². The highest BCUT2D eigenvalue weighted by Crippen LogP contribution is 2.23. The first kappa shape index (κ1) is 6.57. The molecule has 0 aromatic heterocycles. The van der Waals surface area contributed by atoms with Crippen LogP contribution >= 0.6 is 0 Å². The van der Waals surface area contributed by atoms with Crippen molar-refractivity contribution in [3.8, 4) is 12.3 Å². The van der Waals surface area contributed by atoms with Crippen LogP contribution < -0.4 is 0 Å². The summed E-state index contributed by atoms with van der Waals surface area (Å²) in [6, 6.07) is 0. The zero-order chi connectivity index (χ0) is 6.74. The van der Waals surface area contributed by atoms with E-state index in [4.69, 9.17) is 11.2 Å². The Morgan fingerprint density at radius 2 is 2.00 bits per heavy atom. The quantitative estimate of drug-likeness (QED) is 0.444. The molecule has 9 heavy (non-hydrogen) atoms. The van der Waals surface area contributed by atoms with Crippen molar-refractivity contribution in [3.05, 3.63) is 0 Å². The molecule has 1 fully saturated rings. The minimum Gasteiger partial charge on any atom is -0.381 e. The van der Waals surface area contributed by atoms with Crippen LogP contribution in [0.1, 0.15) is 12.8 Å². The molecular formula is C7H9FO. The summed E-state index contributed by atoms with van der Waals surface area (Å²) in [4.78, 5) is 0. The van der Waals surface area contributed by atoms with Crippen LogP contribution in [-0.4, -0.2) is 18.9 Å². The molecule has 0 aromatic carbocycles. The molecule has 0 amide bonds. The number of terminal acetylenes is 1. The Labute approximate surface area is 54.2 Å². The smallest absolute Gasteiger partial charge is 0.174 e. The summed E-state index contributed by atoms with van der Waals surface area (Å²) in [6.07, 6.45) is 5.66. The molecule has 0 spiro atoms. The molecule has 1 nitrogen and oxygen atoms in total. The van der Waals surface area contributed by atoms with Crippen molar-refractivity contribution in [2.24, 2.45) is 0 Å². The maximum Gasteiger partial charge on any atom is 0.174 e. The fourth-order valence-electron chi connectivity index (χ4n) is 0.839. The molecule has 0 aliphatic carbocycles. The summed E-state index contributed by atoms with van der Waals surface area (Å²) < 4.78 is 17.9. The largest absolute Gasteiger partial charge is 0.381 e. The molecule has 0 aromatic rings. The highest BCUT2D eigenvalue weighted by Gasteiger charge is 2.29. The maximum absolute atomic E-state index is 13.0. The van der Waals surface area contributed by atoms with Gasteiger partial charge in [-0.25, -0.2) is 4.39 Å². The SMILES string of the molecule is C#CC1(F)CCOCC1. The third-order valence-electron chi connectivity index (χ3n) is 1.54. The van der Waals surface area contributed by atoms with Crippen molar-refractivity contribution >= 4 is 0 Å². The second kappa shape index (κ2) is 2.36. The fraction of sp³-hybridized carbons (Fsp3) is 0.714. The maximum atomic E-state index is 13.0. The molecule has 1 saturated heterocycles. The van der Waals surface area contributed by atoms with Gasteiger partial charge in [0.25, 0.3) is 0 Å². The molecule has 0 bridgehead atoms. The first-order valence-corrected chi connectivity index (χ1v) is 3.01. The van der Waals surface area contributed by atoms with Gasteiger partial charge < -0.3 is 4.74 Å². The molecule has 1 aliphatic heterocycles. The fourth-order valence-corrected chi connectivity index (χ4v) is 0.839. The van der Waals surface area contributed by atoms with Gasteiger partial charge in [-0.1, -0.05) is 5.92 Å². The molecule has 50 valence electrons. The molecule has 0 saturated carbocycles. The minimum absolute atomic E-state index is 0.351. The second-order valence-corrected chi connectivity index (χ2v) is 2.22. The third-order valence-corrected chi connectivity index (χ3v) is 1.54. The van der Waals surface area contributed by atoms with Gasteiger partial charge in [-0.15, -0.1) is 6.42 Å². The van der Waals surface area contributed by atoms with E-state index in [2.05, 4.69) is 5.92 Å². The van der Waals surface area contributed by atoms with E-state index in [0.717, 1.165) is 0 Å². The molecule has 1 aliphatic rings. The van der Waals surface area contributed by atoms with Crippen molar-refractivity contribution in [1.29, 1.82) is 0 Å². The number of alkyl halides is 1. The Hall–Kier alpha value is -0.550. The minimum atomic E-state index is -1.38. The van der Waals surface area contributed by atoms with Crippen LogP contribution in [0.3, 0.4) is 0 Å². The molecular weight excluding hydrogens is 119 g/mol. The van der Waals surface area contributed by atoms with E-state index in [1.165, 1.54) is 0 Å². The first-order valence-electron chi connectivity index (χ1n) is 3.01. The van der Waals surface area contributed by atoms with Gasteiger partial charge in [0, 0.05) is 12.8 Å². The van der Waals surface area contributed by atoms with Crippen LogP contribution in [0.25, 0.3) is 0 Å². The van der Waals surface area contributed by atoms with Crippen molar-refractivity contribution in [1.82, 2.24) is 0 Å². The lowest BCUT2D eigenvalue weighted by Crippen LogP contribution is -2.29. The van der Waals surface area contributed by atoms with Crippen LogP contribution in [0, 0.1) is 12.3 Å². The molecule has 0 unspecified atom stereocenters.